The van der Waals surface area contributed by atoms with E-state index in [2.05, 4.69) is 0 Å². The maximum Gasteiger partial charge on any atom is 0.298 e. The van der Waals surface area contributed by atoms with Gasteiger partial charge in [-0.05, 0) is 23.3 Å². The average Bonchev–Trinajstić information content (AvgIpc) is 2.47. The first kappa shape index (κ1) is 13.7. The van der Waals surface area contributed by atoms with Gasteiger partial charge in [-0.3, -0.25) is 14.9 Å². The Kier molecular flexibility index (Phi) is 4.10. The van der Waals surface area contributed by atoms with Gasteiger partial charge in [-0.2, -0.15) is 0 Å². The van der Waals surface area contributed by atoms with Crippen LogP contribution in [0.25, 0.3) is 11.1 Å². The number of amides is 1. The first-order valence-corrected chi connectivity index (χ1v) is 6.12. The molecule has 5 nitrogen and oxygen atoms in total. The maximum atomic E-state index is 11.6. The second kappa shape index (κ2) is 5.97. The number of hydrogen-bond donors (Lipinski definition) is 0. The summed E-state index contributed by atoms with van der Waals surface area (Å²) in [6.45, 7) is -0.697. The van der Waals surface area contributed by atoms with Crippen molar-refractivity contribution in [1.29, 1.82) is 0 Å². The van der Waals surface area contributed by atoms with Crippen LogP contribution in [0.15, 0.2) is 54.6 Å². The Morgan fingerprint density at radius 2 is 1.60 bits per heavy atom. The molecule has 0 bridgehead atoms. The van der Waals surface area contributed by atoms with E-state index >= 15 is 0 Å². The Labute approximate surface area is 116 Å². The van der Waals surface area contributed by atoms with E-state index in [1.807, 2.05) is 42.5 Å². The number of carbonyl (C=O) groups excluding carboxylic acids is 1. The number of rotatable bonds is 4. The second-order valence-corrected chi connectivity index (χ2v) is 4.36. The van der Waals surface area contributed by atoms with E-state index in [1.165, 1.54) is 11.9 Å². The molecule has 102 valence electrons. The van der Waals surface area contributed by atoms with Gasteiger partial charge >= 0.3 is 0 Å². The summed E-state index contributed by atoms with van der Waals surface area (Å²) in [5.74, 6) is -0.539. The summed E-state index contributed by atoms with van der Waals surface area (Å²) >= 11 is 0. The zero-order chi connectivity index (χ0) is 14.5. The molecule has 0 aliphatic carbocycles. The van der Waals surface area contributed by atoms with Gasteiger partial charge in [0.2, 0.25) is 0 Å². The third-order valence-corrected chi connectivity index (χ3v) is 3.00. The van der Waals surface area contributed by atoms with Crippen molar-refractivity contribution in [3.63, 3.8) is 0 Å². The van der Waals surface area contributed by atoms with Crippen molar-refractivity contribution in [3.05, 3.63) is 64.7 Å². The lowest BCUT2D eigenvalue weighted by molar-refractivity contribution is -0.467. The van der Waals surface area contributed by atoms with Crippen LogP contribution in [0.5, 0.6) is 0 Å². The summed E-state index contributed by atoms with van der Waals surface area (Å²) in [5.41, 5.74) is 2.75. The minimum absolute atomic E-state index is 0.539. The van der Waals surface area contributed by atoms with Crippen molar-refractivity contribution < 1.29 is 9.72 Å². The van der Waals surface area contributed by atoms with Crippen molar-refractivity contribution in [2.75, 3.05) is 18.5 Å². The average molecular weight is 270 g/mol. The minimum Gasteiger partial charge on any atom is -0.310 e. The Morgan fingerprint density at radius 1 is 1.05 bits per heavy atom. The molecule has 0 atom stereocenters. The lowest BCUT2D eigenvalue weighted by atomic mass is 10.1. The molecule has 0 saturated heterocycles. The Hall–Kier alpha value is -2.69. The fraction of sp³-hybridized carbons (Fsp3) is 0.133. The number of likely N-dealkylation sites (N-methyl/N-ethyl adjacent to an activating group) is 1. The van der Waals surface area contributed by atoms with Gasteiger partial charge in [0.05, 0.1) is 0 Å². The lowest BCUT2D eigenvalue weighted by Gasteiger charge is -2.15. The fourth-order valence-electron chi connectivity index (χ4n) is 1.87. The van der Waals surface area contributed by atoms with Gasteiger partial charge in [-0.1, -0.05) is 42.5 Å². The van der Waals surface area contributed by atoms with E-state index in [0.29, 0.717) is 5.69 Å². The van der Waals surface area contributed by atoms with Crippen molar-refractivity contribution in [2.45, 2.75) is 0 Å². The molecule has 20 heavy (non-hydrogen) atoms. The van der Waals surface area contributed by atoms with Crippen molar-refractivity contribution in [3.8, 4) is 11.1 Å². The summed E-state index contributed by atoms with van der Waals surface area (Å²) in [6, 6.07) is 17.2. The van der Waals surface area contributed by atoms with Crippen LogP contribution in [0.4, 0.5) is 5.69 Å². The molecule has 0 saturated carbocycles. The smallest absolute Gasteiger partial charge is 0.298 e. The molecule has 2 rings (SSSR count). The summed E-state index contributed by atoms with van der Waals surface area (Å²) in [5, 5.41) is 10.3. The number of carbonyl (C=O) groups is 1. The van der Waals surface area contributed by atoms with E-state index in [1.54, 1.807) is 12.1 Å². The number of anilines is 1. The van der Waals surface area contributed by atoms with Crippen LogP contribution < -0.4 is 4.90 Å². The number of benzene rings is 2. The lowest BCUT2D eigenvalue weighted by Crippen LogP contribution is -2.31. The predicted molar refractivity (Wildman–Crippen MR) is 77.1 cm³/mol. The number of nitrogens with zero attached hydrogens (tertiary/aromatic N) is 2. The van der Waals surface area contributed by atoms with Gasteiger partial charge < -0.3 is 4.90 Å². The molecule has 0 aliphatic rings. The zero-order valence-electron chi connectivity index (χ0n) is 11.0. The highest BCUT2D eigenvalue weighted by Gasteiger charge is 2.16. The number of hydrogen-bond acceptors (Lipinski definition) is 3. The Balaban J connectivity index is 2.16. The summed E-state index contributed by atoms with van der Waals surface area (Å²) in [7, 11) is 1.53. The maximum absolute atomic E-state index is 11.6. The van der Waals surface area contributed by atoms with Crippen molar-refractivity contribution in [1.82, 2.24) is 0 Å². The van der Waals surface area contributed by atoms with Crippen LogP contribution in [0.3, 0.4) is 0 Å². The van der Waals surface area contributed by atoms with Gasteiger partial charge in [0.15, 0.2) is 0 Å². The van der Waals surface area contributed by atoms with E-state index in [-0.39, 0.29) is 0 Å². The zero-order valence-corrected chi connectivity index (χ0v) is 11.0. The summed E-state index contributed by atoms with van der Waals surface area (Å²) < 4.78 is 0. The standard InChI is InChI=1S/C15H14N2O3/c1-16(15(18)11-17(19)20)14-9-7-13(8-10-14)12-5-3-2-4-6-12/h2-10H,11H2,1H3. The quantitative estimate of drug-likeness (QED) is 0.633. The predicted octanol–water partition coefficient (Wildman–Crippen LogP) is 2.59. The second-order valence-electron chi connectivity index (χ2n) is 4.36. The van der Waals surface area contributed by atoms with Crippen LogP contribution in [0.1, 0.15) is 0 Å². The largest absolute Gasteiger partial charge is 0.310 e. The molecule has 0 unspecified atom stereocenters. The van der Waals surface area contributed by atoms with Crippen LogP contribution in [-0.2, 0) is 4.79 Å². The third kappa shape index (κ3) is 3.20. The molecule has 0 fully saturated rings. The fourth-order valence-corrected chi connectivity index (χ4v) is 1.87. The molecular formula is C15H14N2O3. The normalized spacial score (nSPS) is 10.1. The molecular weight excluding hydrogens is 256 g/mol. The first-order valence-electron chi connectivity index (χ1n) is 6.12. The van der Waals surface area contributed by atoms with Crippen LogP contribution in [0, 0.1) is 10.1 Å². The minimum atomic E-state index is -0.697. The van der Waals surface area contributed by atoms with Gasteiger partial charge in [0.25, 0.3) is 12.5 Å². The van der Waals surface area contributed by atoms with Crippen LogP contribution in [-0.4, -0.2) is 24.4 Å². The van der Waals surface area contributed by atoms with Gasteiger partial charge in [0.1, 0.15) is 0 Å². The Morgan fingerprint density at radius 3 is 2.15 bits per heavy atom. The summed E-state index contributed by atoms with van der Waals surface area (Å²) in [6.07, 6.45) is 0. The molecule has 5 heteroatoms. The SMILES string of the molecule is CN(C(=O)C[N+](=O)[O-])c1ccc(-c2ccccc2)cc1. The molecule has 2 aromatic rings. The molecule has 0 aromatic heterocycles. The van der Waals surface area contributed by atoms with Crippen molar-refractivity contribution >= 4 is 11.6 Å². The molecule has 1 amide bonds. The van der Waals surface area contributed by atoms with E-state index in [4.69, 9.17) is 0 Å². The Bertz CT molecular complexity index is 609. The topological polar surface area (TPSA) is 63.5 Å². The van der Waals surface area contributed by atoms with Gasteiger partial charge in [0, 0.05) is 17.7 Å². The first-order chi connectivity index (χ1) is 9.58. The molecule has 0 N–H and O–H groups in total. The highest BCUT2D eigenvalue weighted by Crippen LogP contribution is 2.22. The third-order valence-electron chi connectivity index (χ3n) is 3.00. The van der Waals surface area contributed by atoms with E-state index in [9.17, 15) is 14.9 Å². The van der Waals surface area contributed by atoms with Crippen molar-refractivity contribution in [2.24, 2.45) is 0 Å². The molecule has 0 heterocycles. The van der Waals surface area contributed by atoms with E-state index < -0.39 is 17.4 Å². The molecule has 0 radical (unpaired) electrons. The molecule has 0 spiro atoms. The molecule has 0 aliphatic heterocycles. The summed E-state index contributed by atoms with van der Waals surface area (Å²) in [4.78, 5) is 22.6. The monoisotopic (exact) mass is 270 g/mol. The van der Waals surface area contributed by atoms with Gasteiger partial charge in [-0.15, -0.1) is 0 Å². The van der Waals surface area contributed by atoms with Crippen LogP contribution >= 0.6 is 0 Å². The number of nitro groups is 1. The highest BCUT2D eigenvalue weighted by atomic mass is 16.6. The molecule has 2 aromatic carbocycles. The van der Waals surface area contributed by atoms with Crippen LogP contribution in [0.2, 0.25) is 0 Å². The van der Waals surface area contributed by atoms with Gasteiger partial charge in [-0.25, -0.2) is 0 Å². The highest BCUT2D eigenvalue weighted by molar-refractivity contribution is 5.93. The van der Waals surface area contributed by atoms with E-state index in [0.717, 1.165) is 11.1 Å².